The molecule has 0 radical (unpaired) electrons. The molecule has 0 saturated carbocycles. The Labute approximate surface area is 140 Å². The summed E-state index contributed by atoms with van der Waals surface area (Å²) in [7, 11) is 0. The average molecular weight is 340 g/mol. The summed E-state index contributed by atoms with van der Waals surface area (Å²) >= 11 is 11.8. The molecule has 0 saturated heterocycles. The predicted octanol–water partition coefficient (Wildman–Crippen LogP) is 5.25. The standard InChI is InChI=1S/C17H19Cl2NO2/c1-10(2)20-11(3)7-14(12(20)4)17(21)9-22-13-5-6-15(18)16(19)8-13/h5-8,10H,9H2,1-4H3. The fraction of sp³-hybridized carbons (Fsp3) is 0.353. The Hall–Kier alpha value is -1.45. The third kappa shape index (κ3) is 3.47. The molecule has 2 rings (SSSR count). The summed E-state index contributed by atoms with van der Waals surface area (Å²) in [6, 6.07) is 7.18. The van der Waals surface area contributed by atoms with Gasteiger partial charge in [0, 0.05) is 29.1 Å². The van der Waals surface area contributed by atoms with Gasteiger partial charge in [0.2, 0.25) is 5.78 Å². The van der Waals surface area contributed by atoms with E-state index in [4.69, 9.17) is 27.9 Å². The van der Waals surface area contributed by atoms with Gasteiger partial charge in [0.25, 0.3) is 0 Å². The molecule has 1 heterocycles. The van der Waals surface area contributed by atoms with Gasteiger partial charge in [-0.05, 0) is 45.9 Å². The number of ketones is 1. The third-order valence-corrected chi connectivity index (χ3v) is 4.30. The second-order valence-electron chi connectivity index (χ2n) is 5.54. The number of carbonyl (C=O) groups excluding carboxylic acids is 1. The maximum absolute atomic E-state index is 12.4. The fourth-order valence-electron chi connectivity index (χ4n) is 2.65. The minimum atomic E-state index is -0.0499. The molecule has 118 valence electrons. The number of ether oxygens (including phenoxy) is 1. The maximum Gasteiger partial charge on any atom is 0.202 e. The van der Waals surface area contributed by atoms with Gasteiger partial charge in [-0.15, -0.1) is 0 Å². The molecule has 0 spiro atoms. The molecule has 0 aliphatic rings. The van der Waals surface area contributed by atoms with E-state index in [9.17, 15) is 4.79 Å². The molecule has 1 aromatic heterocycles. The summed E-state index contributed by atoms with van der Waals surface area (Å²) in [6.07, 6.45) is 0. The van der Waals surface area contributed by atoms with Crippen LogP contribution < -0.4 is 4.74 Å². The van der Waals surface area contributed by atoms with Crippen LogP contribution in [0.15, 0.2) is 24.3 Å². The minimum absolute atomic E-state index is 0.0274. The zero-order valence-corrected chi connectivity index (χ0v) is 14.6. The minimum Gasteiger partial charge on any atom is -0.485 e. The van der Waals surface area contributed by atoms with Gasteiger partial charge in [0.05, 0.1) is 10.0 Å². The van der Waals surface area contributed by atoms with E-state index in [2.05, 4.69) is 18.4 Å². The SMILES string of the molecule is Cc1cc(C(=O)COc2ccc(Cl)c(Cl)c2)c(C)n1C(C)C. The Morgan fingerprint density at radius 1 is 1.18 bits per heavy atom. The van der Waals surface area contributed by atoms with Gasteiger partial charge >= 0.3 is 0 Å². The van der Waals surface area contributed by atoms with Crippen LogP contribution in [0, 0.1) is 13.8 Å². The van der Waals surface area contributed by atoms with Crippen molar-refractivity contribution in [3.8, 4) is 5.75 Å². The van der Waals surface area contributed by atoms with Crippen molar-refractivity contribution < 1.29 is 9.53 Å². The highest BCUT2D eigenvalue weighted by atomic mass is 35.5. The van der Waals surface area contributed by atoms with Crippen molar-refractivity contribution >= 4 is 29.0 Å². The highest BCUT2D eigenvalue weighted by Crippen LogP contribution is 2.26. The molecule has 0 atom stereocenters. The van der Waals surface area contributed by atoms with Gasteiger partial charge in [0.15, 0.2) is 6.61 Å². The van der Waals surface area contributed by atoms with E-state index in [1.165, 1.54) is 0 Å². The van der Waals surface area contributed by atoms with Gasteiger partial charge in [-0.25, -0.2) is 0 Å². The van der Waals surface area contributed by atoms with Crippen molar-refractivity contribution in [2.24, 2.45) is 0 Å². The van der Waals surface area contributed by atoms with Crippen molar-refractivity contribution in [1.29, 1.82) is 0 Å². The molecule has 5 heteroatoms. The van der Waals surface area contributed by atoms with Crippen LogP contribution >= 0.6 is 23.2 Å². The van der Waals surface area contributed by atoms with Gasteiger partial charge in [0.1, 0.15) is 5.75 Å². The molecule has 0 fully saturated rings. The topological polar surface area (TPSA) is 31.2 Å². The molecule has 2 aromatic rings. The fourth-order valence-corrected chi connectivity index (χ4v) is 2.94. The second kappa shape index (κ2) is 6.76. The number of halogens is 2. The number of benzene rings is 1. The summed E-state index contributed by atoms with van der Waals surface area (Å²) in [5.74, 6) is 0.478. The Kier molecular flexibility index (Phi) is 5.20. The van der Waals surface area contributed by atoms with E-state index in [-0.39, 0.29) is 12.4 Å². The Bertz CT molecular complexity index is 705. The lowest BCUT2D eigenvalue weighted by Gasteiger charge is -2.13. The normalized spacial score (nSPS) is 11.0. The van der Waals surface area contributed by atoms with Crippen molar-refractivity contribution in [1.82, 2.24) is 4.57 Å². The van der Waals surface area contributed by atoms with Crippen molar-refractivity contribution in [2.75, 3.05) is 6.61 Å². The Balaban J connectivity index is 2.13. The highest BCUT2D eigenvalue weighted by Gasteiger charge is 2.17. The lowest BCUT2D eigenvalue weighted by molar-refractivity contribution is 0.0920. The molecular weight excluding hydrogens is 321 g/mol. The smallest absolute Gasteiger partial charge is 0.202 e. The summed E-state index contributed by atoms with van der Waals surface area (Å²) in [4.78, 5) is 12.4. The quantitative estimate of drug-likeness (QED) is 0.696. The number of Topliss-reactive ketones (excluding diaryl/α,β-unsaturated/α-hetero) is 1. The lowest BCUT2D eigenvalue weighted by Crippen LogP contribution is -2.13. The van der Waals surface area contributed by atoms with E-state index >= 15 is 0 Å². The van der Waals surface area contributed by atoms with Crippen molar-refractivity contribution in [3.63, 3.8) is 0 Å². The first-order valence-corrected chi connectivity index (χ1v) is 7.86. The first-order valence-electron chi connectivity index (χ1n) is 7.10. The lowest BCUT2D eigenvalue weighted by atomic mass is 10.1. The molecule has 22 heavy (non-hydrogen) atoms. The number of rotatable bonds is 5. The summed E-state index contributed by atoms with van der Waals surface area (Å²) in [5.41, 5.74) is 2.74. The Morgan fingerprint density at radius 2 is 1.86 bits per heavy atom. The third-order valence-electron chi connectivity index (χ3n) is 3.56. The van der Waals surface area contributed by atoms with Crippen LogP contribution in [0.25, 0.3) is 0 Å². The van der Waals surface area contributed by atoms with Crippen LogP contribution in [-0.2, 0) is 0 Å². The zero-order chi connectivity index (χ0) is 16.4. The molecule has 0 unspecified atom stereocenters. The van der Waals surface area contributed by atoms with Crippen LogP contribution in [-0.4, -0.2) is 17.0 Å². The van der Waals surface area contributed by atoms with Crippen LogP contribution in [0.4, 0.5) is 0 Å². The average Bonchev–Trinajstić information content (AvgIpc) is 2.75. The largest absolute Gasteiger partial charge is 0.485 e. The van der Waals surface area contributed by atoms with E-state index in [0.29, 0.717) is 27.4 Å². The molecule has 0 amide bonds. The van der Waals surface area contributed by atoms with E-state index in [1.807, 2.05) is 19.9 Å². The van der Waals surface area contributed by atoms with Crippen molar-refractivity contribution in [2.45, 2.75) is 33.7 Å². The van der Waals surface area contributed by atoms with Gasteiger partial charge < -0.3 is 9.30 Å². The van der Waals surface area contributed by atoms with E-state index < -0.39 is 0 Å². The van der Waals surface area contributed by atoms with Crippen LogP contribution in [0.1, 0.15) is 41.6 Å². The number of aryl methyl sites for hydroxylation is 1. The molecule has 0 aliphatic heterocycles. The molecule has 0 N–H and O–H groups in total. The number of hydrogen-bond donors (Lipinski definition) is 0. The van der Waals surface area contributed by atoms with Crippen LogP contribution in [0.2, 0.25) is 10.0 Å². The van der Waals surface area contributed by atoms with Gasteiger partial charge in [-0.2, -0.15) is 0 Å². The van der Waals surface area contributed by atoms with Gasteiger partial charge in [-0.1, -0.05) is 23.2 Å². The van der Waals surface area contributed by atoms with Crippen LogP contribution in [0.3, 0.4) is 0 Å². The molecule has 3 nitrogen and oxygen atoms in total. The maximum atomic E-state index is 12.4. The van der Waals surface area contributed by atoms with E-state index in [0.717, 1.165) is 11.4 Å². The zero-order valence-electron chi connectivity index (χ0n) is 13.1. The highest BCUT2D eigenvalue weighted by molar-refractivity contribution is 6.42. The number of hydrogen-bond acceptors (Lipinski definition) is 2. The first kappa shape index (κ1) is 16.9. The summed E-state index contributed by atoms with van der Waals surface area (Å²) in [6.45, 7) is 8.13. The molecular formula is C17H19Cl2NO2. The Morgan fingerprint density at radius 3 is 2.41 bits per heavy atom. The second-order valence-corrected chi connectivity index (χ2v) is 6.35. The van der Waals surface area contributed by atoms with Gasteiger partial charge in [-0.3, -0.25) is 4.79 Å². The molecule has 1 aromatic carbocycles. The van der Waals surface area contributed by atoms with Crippen LogP contribution in [0.5, 0.6) is 5.75 Å². The molecule has 0 aliphatic carbocycles. The number of carbonyl (C=O) groups is 1. The van der Waals surface area contributed by atoms with E-state index in [1.54, 1.807) is 18.2 Å². The summed E-state index contributed by atoms with van der Waals surface area (Å²) < 4.78 is 7.67. The van der Waals surface area contributed by atoms with Crippen molar-refractivity contribution in [3.05, 3.63) is 51.3 Å². The monoisotopic (exact) mass is 339 g/mol. The molecule has 0 bridgehead atoms. The summed E-state index contributed by atoms with van der Waals surface area (Å²) in [5, 5.41) is 0.866. The predicted molar refractivity (Wildman–Crippen MR) is 90.6 cm³/mol. The first-order chi connectivity index (χ1) is 10.3. The number of aromatic nitrogens is 1. The number of nitrogens with zero attached hydrogens (tertiary/aromatic N) is 1.